The van der Waals surface area contributed by atoms with Gasteiger partial charge in [0.05, 0.1) is 0 Å². The second kappa shape index (κ2) is 6.83. The van der Waals surface area contributed by atoms with Gasteiger partial charge in [-0.15, -0.1) is 0 Å². The van der Waals surface area contributed by atoms with Gasteiger partial charge in [0.15, 0.2) is 0 Å². The minimum Gasteiger partial charge on any atom is -0.428 e. The van der Waals surface area contributed by atoms with Crippen molar-refractivity contribution in [2.24, 2.45) is 0 Å². The van der Waals surface area contributed by atoms with Gasteiger partial charge in [0.2, 0.25) is 0 Å². The van der Waals surface area contributed by atoms with Crippen LogP contribution in [0.1, 0.15) is 34.6 Å². The number of esters is 1. The van der Waals surface area contributed by atoms with Crippen molar-refractivity contribution in [3.63, 3.8) is 0 Å². The van der Waals surface area contributed by atoms with Crippen LogP contribution in [0.4, 0.5) is 4.79 Å². The van der Waals surface area contributed by atoms with Crippen LogP contribution in [0, 0.1) is 0 Å². The molecule has 0 heterocycles. The Labute approximate surface area is 106 Å². The number of likely N-dealkylation sites (N-methyl/N-ethyl adjacent to an activating group) is 1. The number of amides is 1. The van der Waals surface area contributed by atoms with Crippen LogP contribution >= 0.6 is 0 Å². The Morgan fingerprint density at radius 2 is 1.72 bits per heavy atom. The molecular formula is C11H19NO6. The molecule has 0 spiro atoms. The summed E-state index contributed by atoms with van der Waals surface area (Å²) < 4.78 is 14.1. The molecule has 0 rings (SSSR count). The summed E-state index contributed by atoms with van der Waals surface area (Å²) in [5.41, 5.74) is -0.765. The normalized spacial score (nSPS) is 12.3. The van der Waals surface area contributed by atoms with Crippen LogP contribution in [0.5, 0.6) is 0 Å². The van der Waals surface area contributed by atoms with Gasteiger partial charge in [-0.25, -0.2) is 4.79 Å². The number of carbonyl (C=O) groups excluding carboxylic acids is 3. The molecule has 0 saturated heterocycles. The molecular weight excluding hydrogens is 242 g/mol. The molecule has 0 bridgehead atoms. The molecule has 0 aliphatic rings. The first-order valence-corrected chi connectivity index (χ1v) is 5.50. The van der Waals surface area contributed by atoms with E-state index >= 15 is 0 Å². The smallest absolute Gasteiger partial charge is 0.428 e. The van der Waals surface area contributed by atoms with Crippen molar-refractivity contribution in [3.05, 3.63) is 0 Å². The molecule has 0 aromatic carbocycles. The lowest BCUT2D eigenvalue weighted by molar-refractivity contribution is -0.179. The highest BCUT2D eigenvalue weighted by atomic mass is 16.8. The van der Waals surface area contributed by atoms with Gasteiger partial charge < -0.3 is 19.5 Å². The van der Waals surface area contributed by atoms with E-state index < -0.39 is 29.9 Å². The fraction of sp³-hybridized carbons (Fsp3) is 0.727. The van der Waals surface area contributed by atoms with E-state index in [0.717, 1.165) is 6.92 Å². The van der Waals surface area contributed by atoms with Crippen LogP contribution in [0.25, 0.3) is 0 Å². The molecule has 1 N–H and O–H groups in total. The largest absolute Gasteiger partial charge is 0.512 e. The predicted octanol–water partition coefficient (Wildman–Crippen LogP) is 0.963. The fourth-order valence-corrected chi connectivity index (χ4v) is 0.901. The lowest BCUT2D eigenvalue weighted by Gasteiger charge is -2.21. The number of hydrogen-bond acceptors (Lipinski definition) is 6. The first kappa shape index (κ1) is 16.2. The van der Waals surface area contributed by atoms with E-state index in [1.54, 1.807) is 27.7 Å². The Morgan fingerprint density at radius 3 is 2.11 bits per heavy atom. The molecule has 1 atom stereocenters. The summed E-state index contributed by atoms with van der Waals surface area (Å²) in [7, 11) is 0. The third kappa shape index (κ3) is 7.48. The zero-order chi connectivity index (χ0) is 14.3. The number of carbonyl (C=O) groups is 3. The second-order valence-electron chi connectivity index (χ2n) is 4.42. The fourth-order valence-electron chi connectivity index (χ4n) is 0.901. The number of rotatable bonds is 4. The van der Waals surface area contributed by atoms with Crippen LogP contribution in [-0.4, -0.2) is 36.5 Å². The maximum atomic E-state index is 11.5. The quantitative estimate of drug-likeness (QED) is 0.598. The van der Waals surface area contributed by atoms with Gasteiger partial charge in [0.25, 0.3) is 0 Å². The third-order valence-corrected chi connectivity index (χ3v) is 1.43. The SMILES string of the molecule is CCNC(=O)C(OC(C)=O)OC(=O)OC(C)(C)C. The van der Waals surface area contributed by atoms with E-state index in [1.807, 2.05) is 0 Å². The minimum absolute atomic E-state index is 0.314. The van der Waals surface area contributed by atoms with Crippen molar-refractivity contribution in [1.29, 1.82) is 0 Å². The van der Waals surface area contributed by atoms with Gasteiger partial charge in [-0.3, -0.25) is 9.59 Å². The van der Waals surface area contributed by atoms with Gasteiger partial charge in [0.1, 0.15) is 5.60 Å². The lowest BCUT2D eigenvalue weighted by atomic mass is 10.2. The van der Waals surface area contributed by atoms with Crippen LogP contribution in [0.15, 0.2) is 0 Å². The van der Waals surface area contributed by atoms with E-state index in [4.69, 9.17) is 4.74 Å². The molecule has 0 aromatic heterocycles. The van der Waals surface area contributed by atoms with Gasteiger partial charge in [0, 0.05) is 13.5 Å². The van der Waals surface area contributed by atoms with Gasteiger partial charge >= 0.3 is 24.3 Å². The van der Waals surface area contributed by atoms with E-state index in [9.17, 15) is 14.4 Å². The Morgan fingerprint density at radius 1 is 1.17 bits per heavy atom. The lowest BCUT2D eigenvalue weighted by Crippen LogP contribution is -2.41. The molecule has 18 heavy (non-hydrogen) atoms. The highest BCUT2D eigenvalue weighted by molar-refractivity contribution is 5.83. The summed E-state index contributed by atoms with van der Waals surface area (Å²) >= 11 is 0. The average molecular weight is 261 g/mol. The standard InChI is InChI=1S/C11H19NO6/c1-6-12-8(14)9(16-7(2)13)17-10(15)18-11(3,4)5/h9H,6H2,1-5H3,(H,12,14). The summed E-state index contributed by atoms with van der Waals surface area (Å²) in [5.74, 6) is -1.46. The van der Waals surface area contributed by atoms with Crippen molar-refractivity contribution in [2.75, 3.05) is 6.54 Å². The molecule has 0 aromatic rings. The van der Waals surface area contributed by atoms with Crippen molar-refractivity contribution in [3.8, 4) is 0 Å². The molecule has 7 heteroatoms. The molecule has 0 fully saturated rings. The molecule has 104 valence electrons. The van der Waals surface area contributed by atoms with Gasteiger partial charge in [-0.05, 0) is 27.7 Å². The number of nitrogens with one attached hydrogen (secondary N) is 1. The zero-order valence-corrected chi connectivity index (χ0v) is 11.2. The number of hydrogen-bond donors (Lipinski definition) is 1. The van der Waals surface area contributed by atoms with Crippen molar-refractivity contribution in [1.82, 2.24) is 5.32 Å². The van der Waals surface area contributed by atoms with Crippen LogP contribution in [0.2, 0.25) is 0 Å². The van der Waals surface area contributed by atoms with Gasteiger partial charge in [-0.2, -0.15) is 0 Å². The molecule has 1 amide bonds. The Bertz CT molecular complexity index is 320. The maximum Gasteiger partial charge on any atom is 0.512 e. The summed E-state index contributed by atoms with van der Waals surface area (Å²) in [4.78, 5) is 33.6. The topological polar surface area (TPSA) is 90.9 Å². The summed E-state index contributed by atoms with van der Waals surface area (Å²) in [6.07, 6.45) is -2.72. The molecule has 0 aliphatic heterocycles. The predicted molar refractivity (Wildman–Crippen MR) is 61.6 cm³/mol. The Kier molecular flexibility index (Phi) is 6.15. The molecule has 0 radical (unpaired) electrons. The molecule has 0 aliphatic carbocycles. The van der Waals surface area contributed by atoms with E-state index in [-0.39, 0.29) is 0 Å². The Balaban J connectivity index is 4.54. The molecule has 1 unspecified atom stereocenters. The Hall–Kier alpha value is -1.79. The monoisotopic (exact) mass is 261 g/mol. The van der Waals surface area contributed by atoms with E-state index in [2.05, 4.69) is 14.8 Å². The first-order chi connectivity index (χ1) is 8.15. The average Bonchev–Trinajstić information content (AvgIpc) is 2.13. The first-order valence-electron chi connectivity index (χ1n) is 5.50. The molecule has 7 nitrogen and oxygen atoms in total. The van der Waals surface area contributed by atoms with Crippen molar-refractivity contribution >= 4 is 18.0 Å². The van der Waals surface area contributed by atoms with Crippen LogP contribution < -0.4 is 5.32 Å². The van der Waals surface area contributed by atoms with Crippen molar-refractivity contribution < 1.29 is 28.6 Å². The highest BCUT2D eigenvalue weighted by Crippen LogP contribution is 2.10. The van der Waals surface area contributed by atoms with Crippen LogP contribution in [-0.2, 0) is 23.8 Å². The zero-order valence-electron chi connectivity index (χ0n) is 11.2. The van der Waals surface area contributed by atoms with Crippen molar-refractivity contribution in [2.45, 2.75) is 46.5 Å². The summed E-state index contributed by atoms with van der Waals surface area (Å²) in [6, 6.07) is 0. The minimum atomic E-state index is -1.64. The highest BCUT2D eigenvalue weighted by Gasteiger charge is 2.28. The van der Waals surface area contributed by atoms with E-state index in [0.29, 0.717) is 6.54 Å². The second-order valence-corrected chi connectivity index (χ2v) is 4.42. The maximum absolute atomic E-state index is 11.5. The van der Waals surface area contributed by atoms with Gasteiger partial charge in [-0.1, -0.05) is 0 Å². The summed E-state index contributed by atoms with van der Waals surface area (Å²) in [6.45, 7) is 8.01. The third-order valence-electron chi connectivity index (χ3n) is 1.43. The molecule has 0 saturated carbocycles. The number of ether oxygens (including phenoxy) is 3. The van der Waals surface area contributed by atoms with Crippen LogP contribution in [0.3, 0.4) is 0 Å². The van der Waals surface area contributed by atoms with E-state index in [1.165, 1.54) is 0 Å². The summed E-state index contributed by atoms with van der Waals surface area (Å²) in [5, 5.41) is 2.37.